The molecule has 0 saturated heterocycles. The molecule has 0 bridgehead atoms. The summed E-state index contributed by atoms with van der Waals surface area (Å²) in [6.07, 6.45) is 1.57. The zero-order valence-electron chi connectivity index (χ0n) is 10.2. The maximum Gasteiger partial charge on any atom is 0.0726 e. The molecular weight excluding hydrogens is 257 g/mol. The molecule has 0 heterocycles. The Kier molecular flexibility index (Phi) is 6.28. The molecule has 0 aliphatic rings. The van der Waals surface area contributed by atoms with Gasteiger partial charge in [0, 0.05) is 22.7 Å². The van der Waals surface area contributed by atoms with E-state index in [4.69, 9.17) is 33.7 Å². The predicted molar refractivity (Wildman–Crippen MR) is 73.8 cm³/mol. The van der Waals surface area contributed by atoms with Gasteiger partial charge in [-0.15, -0.1) is 0 Å². The van der Waals surface area contributed by atoms with Gasteiger partial charge in [0.15, 0.2) is 0 Å². The van der Waals surface area contributed by atoms with Crippen LogP contribution in [0.2, 0.25) is 10.0 Å². The van der Waals surface area contributed by atoms with Crippen molar-refractivity contribution < 1.29 is 4.74 Å². The molecule has 2 atom stereocenters. The van der Waals surface area contributed by atoms with Crippen LogP contribution in [-0.4, -0.2) is 18.8 Å². The van der Waals surface area contributed by atoms with Crippen LogP contribution in [0.5, 0.6) is 0 Å². The number of ether oxygens (including phenoxy) is 1. The second kappa shape index (κ2) is 7.22. The fourth-order valence-corrected chi connectivity index (χ4v) is 2.40. The van der Waals surface area contributed by atoms with Gasteiger partial charge in [0.2, 0.25) is 0 Å². The average molecular weight is 276 g/mol. The van der Waals surface area contributed by atoms with Crippen molar-refractivity contribution in [1.82, 2.24) is 0 Å². The Balaban J connectivity index is 2.76. The largest absolute Gasteiger partial charge is 0.377 e. The summed E-state index contributed by atoms with van der Waals surface area (Å²) in [7, 11) is 0. The standard InChI is InChI=1S/C13H19Cl2NO/c1-3-13(17-4-2)12(16)8-9-10(14)6-5-7-11(9)15/h5-7,12-13H,3-4,8,16H2,1-2H3. The normalized spacial score (nSPS) is 14.6. The molecule has 0 amide bonds. The van der Waals surface area contributed by atoms with Crippen LogP contribution in [0.15, 0.2) is 18.2 Å². The van der Waals surface area contributed by atoms with Gasteiger partial charge in [-0.05, 0) is 37.5 Å². The predicted octanol–water partition coefficient (Wildman–Crippen LogP) is 3.68. The Bertz CT molecular complexity index is 337. The number of rotatable bonds is 6. The molecule has 1 aromatic rings. The number of halogens is 2. The highest BCUT2D eigenvalue weighted by Gasteiger charge is 2.19. The van der Waals surface area contributed by atoms with Gasteiger partial charge in [-0.3, -0.25) is 0 Å². The number of hydrogen-bond donors (Lipinski definition) is 1. The lowest BCUT2D eigenvalue weighted by molar-refractivity contribution is 0.0417. The minimum absolute atomic E-state index is 0.0485. The first-order valence-corrected chi connectivity index (χ1v) is 6.65. The van der Waals surface area contributed by atoms with E-state index in [-0.39, 0.29) is 12.1 Å². The maximum atomic E-state index is 6.14. The van der Waals surface area contributed by atoms with E-state index in [0.717, 1.165) is 12.0 Å². The molecule has 96 valence electrons. The monoisotopic (exact) mass is 275 g/mol. The topological polar surface area (TPSA) is 35.2 Å². The van der Waals surface area contributed by atoms with Gasteiger partial charge in [-0.1, -0.05) is 36.2 Å². The van der Waals surface area contributed by atoms with Crippen molar-refractivity contribution in [1.29, 1.82) is 0 Å². The minimum atomic E-state index is -0.0858. The lowest BCUT2D eigenvalue weighted by Crippen LogP contribution is -2.38. The molecular formula is C13H19Cl2NO. The average Bonchev–Trinajstić information content (AvgIpc) is 2.30. The van der Waals surface area contributed by atoms with Crippen LogP contribution in [0.1, 0.15) is 25.8 Å². The highest BCUT2D eigenvalue weighted by atomic mass is 35.5. The summed E-state index contributed by atoms with van der Waals surface area (Å²) in [6, 6.07) is 5.41. The number of hydrogen-bond acceptors (Lipinski definition) is 2. The Morgan fingerprint density at radius 2 is 1.82 bits per heavy atom. The van der Waals surface area contributed by atoms with Crippen LogP contribution in [0, 0.1) is 0 Å². The van der Waals surface area contributed by atoms with E-state index in [1.165, 1.54) is 0 Å². The van der Waals surface area contributed by atoms with Crippen LogP contribution in [0.4, 0.5) is 0 Å². The molecule has 0 radical (unpaired) electrons. The summed E-state index contributed by atoms with van der Waals surface area (Å²) < 4.78 is 5.59. The highest BCUT2D eigenvalue weighted by molar-refractivity contribution is 6.35. The van der Waals surface area contributed by atoms with Crippen LogP contribution in [-0.2, 0) is 11.2 Å². The molecule has 1 aromatic carbocycles. The maximum absolute atomic E-state index is 6.14. The zero-order valence-corrected chi connectivity index (χ0v) is 11.8. The van der Waals surface area contributed by atoms with E-state index in [1.54, 1.807) is 0 Å². The molecule has 2 unspecified atom stereocenters. The smallest absolute Gasteiger partial charge is 0.0726 e. The molecule has 0 aromatic heterocycles. The first-order valence-electron chi connectivity index (χ1n) is 5.90. The van der Waals surface area contributed by atoms with Crippen molar-refractivity contribution in [2.45, 2.75) is 38.8 Å². The van der Waals surface area contributed by atoms with E-state index >= 15 is 0 Å². The second-order valence-corrected chi connectivity index (χ2v) is 4.78. The lowest BCUT2D eigenvalue weighted by atomic mass is 10.0. The van der Waals surface area contributed by atoms with Gasteiger partial charge < -0.3 is 10.5 Å². The number of benzene rings is 1. The van der Waals surface area contributed by atoms with Gasteiger partial charge in [0.25, 0.3) is 0 Å². The van der Waals surface area contributed by atoms with Crippen LogP contribution >= 0.6 is 23.2 Å². The minimum Gasteiger partial charge on any atom is -0.377 e. The fourth-order valence-electron chi connectivity index (χ4n) is 1.85. The van der Waals surface area contributed by atoms with Crippen molar-refractivity contribution in [3.05, 3.63) is 33.8 Å². The molecule has 2 N–H and O–H groups in total. The Labute approximate surface area is 113 Å². The summed E-state index contributed by atoms with van der Waals surface area (Å²) in [5, 5.41) is 1.33. The lowest BCUT2D eigenvalue weighted by Gasteiger charge is -2.23. The molecule has 4 heteroatoms. The molecule has 1 rings (SSSR count). The molecule has 0 saturated carbocycles. The van der Waals surface area contributed by atoms with Gasteiger partial charge in [0.1, 0.15) is 0 Å². The fraction of sp³-hybridized carbons (Fsp3) is 0.538. The highest BCUT2D eigenvalue weighted by Crippen LogP contribution is 2.26. The third-order valence-electron chi connectivity index (χ3n) is 2.76. The van der Waals surface area contributed by atoms with E-state index in [1.807, 2.05) is 25.1 Å². The first-order chi connectivity index (χ1) is 8.10. The van der Waals surface area contributed by atoms with Crippen molar-refractivity contribution in [3.63, 3.8) is 0 Å². The van der Waals surface area contributed by atoms with Crippen molar-refractivity contribution in [2.24, 2.45) is 5.73 Å². The van der Waals surface area contributed by atoms with Gasteiger partial charge in [0.05, 0.1) is 6.10 Å². The van der Waals surface area contributed by atoms with Crippen molar-refractivity contribution in [2.75, 3.05) is 6.61 Å². The van der Waals surface area contributed by atoms with Gasteiger partial charge in [-0.2, -0.15) is 0 Å². The van der Waals surface area contributed by atoms with E-state index in [9.17, 15) is 0 Å². The SMILES string of the molecule is CCOC(CC)C(N)Cc1c(Cl)cccc1Cl. The molecule has 17 heavy (non-hydrogen) atoms. The Morgan fingerprint density at radius 1 is 1.24 bits per heavy atom. The van der Waals surface area contributed by atoms with E-state index in [2.05, 4.69) is 6.92 Å². The van der Waals surface area contributed by atoms with Crippen LogP contribution in [0.25, 0.3) is 0 Å². The third-order valence-corrected chi connectivity index (χ3v) is 3.47. The first kappa shape index (κ1) is 14.8. The summed E-state index contributed by atoms with van der Waals surface area (Å²) in [5.74, 6) is 0. The molecule has 0 spiro atoms. The summed E-state index contributed by atoms with van der Waals surface area (Å²) in [4.78, 5) is 0. The molecule has 0 aliphatic heterocycles. The number of nitrogens with two attached hydrogens (primary N) is 1. The summed E-state index contributed by atoms with van der Waals surface area (Å²) in [5.41, 5.74) is 7.05. The Hall–Kier alpha value is -0.280. The molecule has 0 aliphatic carbocycles. The quantitative estimate of drug-likeness (QED) is 0.860. The zero-order chi connectivity index (χ0) is 12.8. The van der Waals surface area contributed by atoms with Gasteiger partial charge >= 0.3 is 0 Å². The molecule has 2 nitrogen and oxygen atoms in total. The van der Waals surface area contributed by atoms with Crippen LogP contribution < -0.4 is 5.73 Å². The summed E-state index contributed by atoms with van der Waals surface area (Å²) >= 11 is 12.2. The van der Waals surface area contributed by atoms with Crippen molar-refractivity contribution >= 4 is 23.2 Å². The summed E-state index contributed by atoms with van der Waals surface area (Å²) in [6.45, 7) is 4.70. The van der Waals surface area contributed by atoms with Gasteiger partial charge in [-0.25, -0.2) is 0 Å². The third kappa shape index (κ3) is 4.14. The van der Waals surface area contributed by atoms with Crippen molar-refractivity contribution in [3.8, 4) is 0 Å². The van der Waals surface area contributed by atoms with Crippen LogP contribution in [0.3, 0.4) is 0 Å². The van der Waals surface area contributed by atoms with E-state index in [0.29, 0.717) is 23.1 Å². The molecule has 0 fully saturated rings. The van der Waals surface area contributed by atoms with E-state index < -0.39 is 0 Å². The Morgan fingerprint density at radius 3 is 2.29 bits per heavy atom. The second-order valence-electron chi connectivity index (χ2n) is 3.97.